The van der Waals surface area contributed by atoms with Crippen molar-refractivity contribution in [3.63, 3.8) is 0 Å². The molecule has 0 bridgehead atoms. The van der Waals surface area contributed by atoms with E-state index in [4.69, 9.17) is 4.74 Å². The van der Waals surface area contributed by atoms with E-state index >= 15 is 0 Å². The molecule has 23 heavy (non-hydrogen) atoms. The van der Waals surface area contributed by atoms with Gasteiger partial charge >= 0.3 is 0 Å². The molecule has 0 saturated heterocycles. The predicted molar refractivity (Wildman–Crippen MR) is 97.5 cm³/mol. The fraction of sp³-hybridized carbons (Fsp3) is 0.350. The molecule has 0 unspecified atom stereocenters. The highest BCUT2D eigenvalue weighted by molar-refractivity contribution is 8.14. The summed E-state index contributed by atoms with van der Waals surface area (Å²) in [6.45, 7) is 5.03. The summed E-state index contributed by atoms with van der Waals surface area (Å²) in [6.07, 6.45) is 4.46. The van der Waals surface area contributed by atoms with Gasteiger partial charge in [-0.15, -0.1) is 0 Å². The Hall–Kier alpha value is -1.74. The topological polar surface area (TPSA) is 26.3 Å². The molecule has 0 fully saturated rings. The van der Waals surface area contributed by atoms with Crippen molar-refractivity contribution < 1.29 is 9.53 Å². The van der Waals surface area contributed by atoms with Crippen LogP contribution in [0, 0.1) is 0 Å². The van der Waals surface area contributed by atoms with Crippen LogP contribution in [0.3, 0.4) is 0 Å². The number of carbonyl (C=O) groups is 1. The molecule has 2 aromatic carbocycles. The summed E-state index contributed by atoms with van der Waals surface area (Å²) >= 11 is 1.27. The molecule has 0 spiro atoms. The summed E-state index contributed by atoms with van der Waals surface area (Å²) in [7, 11) is 0. The lowest BCUT2D eigenvalue weighted by molar-refractivity contribution is 0.108. The first-order valence-corrected chi connectivity index (χ1v) is 9.08. The van der Waals surface area contributed by atoms with Crippen LogP contribution in [0.5, 0.6) is 5.75 Å². The number of rotatable bonds is 8. The monoisotopic (exact) mass is 328 g/mol. The number of carbonyl (C=O) groups excluding carboxylic acids is 1. The van der Waals surface area contributed by atoms with Gasteiger partial charge < -0.3 is 4.74 Å². The molecular weight excluding hydrogens is 304 g/mol. The summed E-state index contributed by atoms with van der Waals surface area (Å²) in [5.41, 5.74) is 1.99. The average molecular weight is 328 g/mol. The highest BCUT2D eigenvalue weighted by Gasteiger charge is 2.08. The molecular formula is C20H24O2S. The van der Waals surface area contributed by atoms with Gasteiger partial charge in [-0.1, -0.05) is 38.8 Å². The van der Waals surface area contributed by atoms with E-state index in [2.05, 4.69) is 26.0 Å². The highest BCUT2D eigenvalue weighted by atomic mass is 32.2. The van der Waals surface area contributed by atoms with Crippen molar-refractivity contribution in [2.24, 2.45) is 0 Å². The average Bonchev–Trinajstić information content (AvgIpc) is 2.60. The van der Waals surface area contributed by atoms with Gasteiger partial charge in [0.25, 0.3) is 0 Å². The Morgan fingerprint density at radius 1 is 0.957 bits per heavy atom. The third-order valence-electron chi connectivity index (χ3n) is 3.65. The van der Waals surface area contributed by atoms with Crippen LogP contribution in [0.4, 0.5) is 0 Å². The van der Waals surface area contributed by atoms with Crippen molar-refractivity contribution in [3.05, 3.63) is 59.7 Å². The zero-order valence-electron chi connectivity index (χ0n) is 13.9. The highest BCUT2D eigenvalue weighted by Crippen LogP contribution is 2.24. The van der Waals surface area contributed by atoms with Crippen LogP contribution in [0.15, 0.2) is 53.4 Å². The maximum atomic E-state index is 12.3. The summed E-state index contributed by atoms with van der Waals surface area (Å²) in [4.78, 5) is 13.3. The van der Waals surface area contributed by atoms with Crippen LogP contribution < -0.4 is 4.74 Å². The number of benzene rings is 2. The van der Waals surface area contributed by atoms with Gasteiger partial charge in [0.1, 0.15) is 5.75 Å². The van der Waals surface area contributed by atoms with Crippen LogP contribution >= 0.6 is 11.8 Å². The normalized spacial score (nSPS) is 10.5. The first-order valence-electron chi connectivity index (χ1n) is 8.27. The summed E-state index contributed by atoms with van der Waals surface area (Å²) < 4.78 is 5.67. The SMILES string of the molecule is CCCCCOc1ccc(C(=O)Sc2ccc(CC)cc2)cc1. The molecule has 2 nitrogen and oxygen atoms in total. The molecule has 0 radical (unpaired) electrons. The quantitative estimate of drug-likeness (QED) is 0.456. The maximum Gasteiger partial charge on any atom is 0.224 e. The van der Waals surface area contributed by atoms with Crippen molar-refractivity contribution in [2.75, 3.05) is 6.61 Å². The van der Waals surface area contributed by atoms with E-state index in [1.807, 2.05) is 36.4 Å². The second-order valence-corrected chi connectivity index (χ2v) is 6.51. The second-order valence-electron chi connectivity index (χ2n) is 5.47. The van der Waals surface area contributed by atoms with Gasteiger partial charge in [0.05, 0.1) is 6.61 Å². The van der Waals surface area contributed by atoms with E-state index in [-0.39, 0.29) is 5.12 Å². The van der Waals surface area contributed by atoms with Gasteiger partial charge in [-0.3, -0.25) is 4.79 Å². The Bertz CT molecular complexity index is 603. The van der Waals surface area contributed by atoms with E-state index in [9.17, 15) is 4.79 Å². The van der Waals surface area contributed by atoms with E-state index in [0.29, 0.717) is 5.56 Å². The number of aryl methyl sites for hydroxylation is 1. The Labute approximate surface area is 143 Å². The second kappa shape index (κ2) is 9.41. The minimum Gasteiger partial charge on any atom is -0.494 e. The molecule has 0 atom stereocenters. The Morgan fingerprint density at radius 2 is 1.65 bits per heavy atom. The maximum absolute atomic E-state index is 12.3. The Kier molecular flexibility index (Phi) is 7.21. The number of hydrogen-bond donors (Lipinski definition) is 0. The van der Waals surface area contributed by atoms with Crippen molar-refractivity contribution in [3.8, 4) is 5.75 Å². The molecule has 0 aromatic heterocycles. The van der Waals surface area contributed by atoms with Crippen molar-refractivity contribution in [1.82, 2.24) is 0 Å². The van der Waals surface area contributed by atoms with Crippen LogP contribution in [-0.2, 0) is 6.42 Å². The molecule has 0 aliphatic rings. The first kappa shape index (κ1) is 17.6. The molecule has 122 valence electrons. The number of ether oxygens (including phenoxy) is 1. The molecule has 0 N–H and O–H groups in total. The van der Waals surface area contributed by atoms with E-state index in [0.717, 1.165) is 30.1 Å². The minimum atomic E-state index is 0.0618. The van der Waals surface area contributed by atoms with Gasteiger partial charge in [-0.25, -0.2) is 0 Å². The van der Waals surface area contributed by atoms with E-state index < -0.39 is 0 Å². The lowest BCUT2D eigenvalue weighted by Crippen LogP contribution is -1.98. The molecule has 0 aliphatic carbocycles. The molecule has 3 heteroatoms. The lowest BCUT2D eigenvalue weighted by atomic mass is 10.2. The van der Waals surface area contributed by atoms with Crippen molar-refractivity contribution in [1.29, 1.82) is 0 Å². The van der Waals surface area contributed by atoms with Gasteiger partial charge in [-0.05, 0) is 66.6 Å². The molecule has 2 rings (SSSR count). The van der Waals surface area contributed by atoms with E-state index in [1.165, 1.54) is 30.2 Å². The van der Waals surface area contributed by atoms with Crippen LogP contribution in [-0.4, -0.2) is 11.7 Å². The number of hydrogen-bond acceptors (Lipinski definition) is 3. The van der Waals surface area contributed by atoms with Gasteiger partial charge in [0, 0.05) is 10.5 Å². The van der Waals surface area contributed by atoms with Gasteiger partial charge in [0.2, 0.25) is 5.12 Å². The lowest BCUT2D eigenvalue weighted by Gasteiger charge is -2.07. The van der Waals surface area contributed by atoms with Gasteiger partial charge in [-0.2, -0.15) is 0 Å². The molecule has 0 amide bonds. The van der Waals surface area contributed by atoms with Gasteiger partial charge in [0.15, 0.2) is 0 Å². The fourth-order valence-electron chi connectivity index (χ4n) is 2.19. The van der Waals surface area contributed by atoms with Crippen molar-refractivity contribution in [2.45, 2.75) is 44.4 Å². The van der Waals surface area contributed by atoms with Crippen LogP contribution in [0.2, 0.25) is 0 Å². The number of unbranched alkanes of at least 4 members (excludes halogenated alkanes) is 2. The van der Waals surface area contributed by atoms with E-state index in [1.54, 1.807) is 0 Å². The predicted octanol–water partition coefficient (Wildman–Crippen LogP) is 5.75. The molecule has 0 heterocycles. The standard InChI is InChI=1S/C20H24O2S/c1-3-5-6-15-22-18-11-9-17(10-12-18)20(21)23-19-13-7-16(4-2)8-14-19/h7-14H,3-6,15H2,1-2H3. The molecule has 0 aliphatic heterocycles. The first-order chi connectivity index (χ1) is 11.2. The third kappa shape index (κ3) is 5.76. The zero-order valence-corrected chi connectivity index (χ0v) is 14.7. The third-order valence-corrected chi connectivity index (χ3v) is 4.58. The van der Waals surface area contributed by atoms with Crippen LogP contribution in [0.1, 0.15) is 49.0 Å². The Balaban J connectivity index is 1.88. The zero-order chi connectivity index (χ0) is 16.5. The van der Waals surface area contributed by atoms with Crippen molar-refractivity contribution >= 4 is 16.9 Å². The minimum absolute atomic E-state index is 0.0618. The van der Waals surface area contributed by atoms with Crippen LogP contribution in [0.25, 0.3) is 0 Å². The largest absolute Gasteiger partial charge is 0.494 e. The summed E-state index contributed by atoms with van der Waals surface area (Å²) in [6, 6.07) is 15.6. The molecule has 2 aromatic rings. The smallest absolute Gasteiger partial charge is 0.224 e. The summed E-state index contributed by atoms with van der Waals surface area (Å²) in [5, 5.41) is 0.0618. The Morgan fingerprint density at radius 3 is 2.26 bits per heavy atom. The number of thioether (sulfide) groups is 1. The fourth-order valence-corrected chi connectivity index (χ4v) is 2.93. The summed E-state index contributed by atoms with van der Waals surface area (Å²) in [5.74, 6) is 0.829. The molecule has 0 saturated carbocycles.